The van der Waals surface area contributed by atoms with Crippen molar-refractivity contribution < 1.29 is 14.9 Å². The second-order valence-corrected chi connectivity index (χ2v) is 8.69. The first-order chi connectivity index (χ1) is 10.9. The summed E-state index contributed by atoms with van der Waals surface area (Å²) in [6.45, 7) is 4.63. The highest BCUT2D eigenvalue weighted by Gasteiger charge is 2.56. The first-order valence-electron chi connectivity index (χ1n) is 9.22. The normalized spacial score (nSPS) is 52.1. The molecule has 4 rings (SSSR count). The Kier molecular flexibility index (Phi) is 3.57. The largest absolute Gasteiger partial charge is 0.393 e. The fraction of sp³-hybridized carbons (Fsp3) is 0.800. The van der Waals surface area contributed by atoms with E-state index in [0.717, 1.165) is 38.5 Å². The molecule has 0 amide bonds. The monoisotopic (exact) mass is 318 g/mol. The Labute approximate surface area is 139 Å². The fourth-order valence-electron chi connectivity index (χ4n) is 6.17. The topological polar surface area (TPSA) is 49.7 Å². The van der Waals surface area contributed by atoms with Crippen LogP contribution in [-0.2, 0) is 4.74 Å². The summed E-state index contributed by atoms with van der Waals surface area (Å²) in [5.41, 5.74) is 3.15. The number of methoxy groups -OCH3 is 1. The lowest BCUT2D eigenvalue weighted by atomic mass is 9.52. The van der Waals surface area contributed by atoms with Gasteiger partial charge in [0.25, 0.3) is 0 Å². The number of aliphatic hydroxyl groups excluding tert-OH is 2. The second kappa shape index (κ2) is 5.18. The van der Waals surface area contributed by atoms with Gasteiger partial charge in [-0.05, 0) is 55.9 Å². The van der Waals surface area contributed by atoms with Crippen molar-refractivity contribution in [2.75, 3.05) is 7.11 Å². The number of hydrogen-bond acceptors (Lipinski definition) is 3. The SMILES string of the molecule is CO[C@H]1CC2C[C@@H](O)C=C[C@]2(C)C2=C1[C@@H]1CC[C@H](O)[C@@]1(C)CC2. The van der Waals surface area contributed by atoms with Crippen LogP contribution in [0.15, 0.2) is 23.3 Å². The first-order valence-corrected chi connectivity index (χ1v) is 9.22. The molecule has 0 radical (unpaired) electrons. The number of allylic oxidation sites excluding steroid dienone is 2. The highest BCUT2D eigenvalue weighted by atomic mass is 16.5. The van der Waals surface area contributed by atoms with Crippen LogP contribution in [0.3, 0.4) is 0 Å². The highest BCUT2D eigenvalue weighted by molar-refractivity contribution is 5.40. The summed E-state index contributed by atoms with van der Waals surface area (Å²) >= 11 is 0. The molecule has 128 valence electrons. The molecule has 0 bridgehead atoms. The van der Waals surface area contributed by atoms with E-state index in [9.17, 15) is 10.2 Å². The average Bonchev–Trinajstić information content (AvgIpc) is 2.83. The molecule has 23 heavy (non-hydrogen) atoms. The van der Waals surface area contributed by atoms with Crippen LogP contribution in [0.4, 0.5) is 0 Å². The van der Waals surface area contributed by atoms with E-state index in [0.29, 0.717) is 11.8 Å². The number of hydrogen-bond donors (Lipinski definition) is 2. The van der Waals surface area contributed by atoms with Gasteiger partial charge in [-0.25, -0.2) is 0 Å². The van der Waals surface area contributed by atoms with Crippen molar-refractivity contribution in [2.24, 2.45) is 22.7 Å². The summed E-state index contributed by atoms with van der Waals surface area (Å²) in [4.78, 5) is 0. The van der Waals surface area contributed by atoms with Gasteiger partial charge in [-0.1, -0.05) is 31.6 Å². The molecule has 4 aliphatic rings. The molecule has 4 aliphatic carbocycles. The van der Waals surface area contributed by atoms with Gasteiger partial charge in [-0.2, -0.15) is 0 Å². The second-order valence-electron chi connectivity index (χ2n) is 8.69. The van der Waals surface area contributed by atoms with E-state index < -0.39 is 0 Å². The smallest absolute Gasteiger partial charge is 0.0790 e. The summed E-state index contributed by atoms with van der Waals surface area (Å²) in [6, 6.07) is 0. The Morgan fingerprint density at radius 1 is 1.17 bits per heavy atom. The van der Waals surface area contributed by atoms with Crippen molar-refractivity contribution in [1.29, 1.82) is 0 Å². The fourth-order valence-corrected chi connectivity index (χ4v) is 6.17. The predicted octanol–water partition coefficient (Wildman–Crippen LogP) is 3.22. The van der Waals surface area contributed by atoms with Crippen molar-refractivity contribution in [3.8, 4) is 0 Å². The number of aliphatic hydroxyl groups is 2. The van der Waals surface area contributed by atoms with Gasteiger partial charge in [-0.3, -0.25) is 0 Å². The molecule has 2 N–H and O–H groups in total. The minimum Gasteiger partial charge on any atom is -0.393 e. The quantitative estimate of drug-likeness (QED) is 0.730. The van der Waals surface area contributed by atoms with E-state index in [4.69, 9.17) is 4.74 Å². The van der Waals surface area contributed by atoms with Crippen LogP contribution in [0.1, 0.15) is 52.4 Å². The Hall–Kier alpha value is -0.640. The van der Waals surface area contributed by atoms with Gasteiger partial charge in [0, 0.05) is 17.9 Å². The predicted molar refractivity (Wildman–Crippen MR) is 89.9 cm³/mol. The molecule has 1 fully saturated rings. The zero-order valence-electron chi connectivity index (χ0n) is 14.6. The van der Waals surface area contributed by atoms with Crippen molar-refractivity contribution in [3.05, 3.63) is 23.3 Å². The third-order valence-corrected chi connectivity index (χ3v) is 7.74. The van der Waals surface area contributed by atoms with E-state index in [1.54, 1.807) is 5.57 Å². The molecule has 0 aromatic carbocycles. The third-order valence-electron chi connectivity index (χ3n) is 7.74. The van der Waals surface area contributed by atoms with Gasteiger partial charge in [0.1, 0.15) is 0 Å². The molecule has 1 saturated carbocycles. The van der Waals surface area contributed by atoms with Crippen molar-refractivity contribution in [3.63, 3.8) is 0 Å². The van der Waals surface area contributed by atoms with E-state index in [-0.39, 0.29) is 29.1 Å². The van der Waals surface area contributed by atoms with Crippen molar-refractivity contribution in [1.82, 2.24) is 0 Å². The van der Waals surface area contributed by atoms with E-state index in [2.05, 4.69) is 19.9 Å². The van der Waals surface area contributed by atoms with Gasteiger partial charge in [-0.15, -0.1) is 0 Å². The molecular weight excluding hydrogens is 288 g/mol. The number of fused-ring (bicyclic) bond motifs is 4. The highest BCUT2D eigenvalue weighted by Crippen LogP contribution is 2.62. The molecule has 1 unspecified atom stereocenters. The maximum atomic E-state index is 10.6. The standard InChI is InChI=1S/C20H30O3/c1-19-8-6-13(21)10-12(19)11-16(23-3)18-14-4-5-17(22)20(14,2)9-7-15(18)19/h6,8,12-14,16-17,21-22H,4-5,7,9-11H2,1-3H3/t12?,13-,14-,16-,17-,19-,20-/m0/s1. The van der Waals surface area contributed by atoms with Gasteiger partial charge in [0.15, 0.2) is 0 Å². The lowest BCUT2D eigenvalue weighted by Crippen LogP contribution is -2.48. The lowest BCUT2D eigenvalue weighted by molar-refractivity contribution is -0.00361. The zero-order valence-corrected chi connectivity index (χ0v) is 14.6. The molecule has 3 nitrogen and oxygen atoms in total. The van der Waals surface area contributed by atoms with Crippen LogP contribution in [0.25, 0.3) is 0 Å². The molecular formula is C20H30O3. The average molecular weight is 318 g/mol. The minimum atomic E-state index is -0.310. The van der Waals surface area contributed by atoms with Crippen LogP contribution >= 0.6 is 0 Å². The van der Waals surface area contributed by atoms with Crippen LogP contribution in [0.2, 0.25) is 0 Å². The molecule has 3 heteroatoms. The molecule has 0 aliphatic heterocycles. The molecule has 0 aromatic rings. The Bertz CT molecular complexity index is 565. The molecule has 0 heterocycles. The number of ether oxygens (including phenoxy) is 1. The van der Waals surface area contributed by atoms with Gasteiger partial charge < -0.3 is 14.9 Å². The van der Waals surface area contributed by atoms with Crippen LogP contribution < -0.4 is 0 Å². The van der Waals surface area contributed by atoms with Gasteiger partial charge >= 0.3 is 0 Å². The molecule has 7 atom stereocenters. The Morgan fingerprint density at radius 3 is 2.70 bits per heavy atom. The Balaban J connectivity index is 1.84. The lowest BCUT2D eigenvalue weighted by Gasteiger charge is -2.54. The minimum absolute atomic E-state index is 0.0245. The van der Waals surface area contributed by atoms with E-state index in [1.165, 1.54) is 5.57 Å². The summed E-state index contributed by atoms with van der Waals surface area (Å²) in [5.74, 6) is 0.922. The Morgan fingerprint density at radius 2 is 1.96 bits per heavy atom. The summed E-state index contributed by atoms with van der Waals surface area (Å²) in [7, 11) is 1.82. The van der Waals surface area contributed by atoms with Crippen LogP contribution in [0.5, 0.6) is 0 Å². The van der Waals surface area contributed by atoms with Gasteiger partial charge in [0.05, 0.1) is 18.3 Å². The zero-order chi connectivity index (χ0) is 16.4. The number of rotatable bonds is 1. The maximum absolute atomic E-state index is 10.6. The summed E-state index contributed by atoms with van der Waals surface area (Å²) < 4.78 is 5.93. The van der Waals surface area contributed by atoms with Crippen LogP contribution in [-0.4, -0.2) is 35.6 Å². The molecule has 0 saturated heterocycles. The van der Waals surface area contributed by atoms with Crippen molar-refractivity contribution >= 4 is 0 Å². The maximum Gasteiger partial charge on any atom is 0.0790 e. The molecule has 0 aromatic heterocycles. The van der Waals surface area contributed by atoms with E-state index >= 15 is 0 Å². The van der Waals surface area contributed by atoms with E-state index in [1.807, 2.05) is 13.2 Å². The van der Waals surface area contributed by atoms with Gasteiger partial charge in [0.2, 0.25) is 0 Å². The van der Waals surface area contributed by atoms with Crippen LogP contribution in [0, 0.1) is 22.7 Å². The summed E-state index contributed by atoms with van der Waals surface area (Å²) in [6.07, 6.45) is 9.92. The third kappa shape index (κ3) is 2.06. The summed E-state index contributed by atoms with van der Waals surface area (Å²) in [5, 5.41) is 20.6. The molecule has 0 spiro atoms. The van der Waals surface area contributed by atoms with Crippen molar-refractivity contribution in [2.45, 2.75) is 70.7 Å². The first kappa shape index (κ1) is 15.9.